The summed E-state index contributed by atoms with van der Waals surface area (Å²) in [4.78, 5) is 18.9. The van der Waals surface area contributed by atoms with E-state index in [0.717, 1.165) is 54.9 Å². The molecule has 0 radical (unpaired) electrons. The van der Waals surface area contributed by atoms with Crippen molar-refractivity contribution in [1.82, 2.24) is 10.3 Å². The van der Waals surface area contributed by atoms with E-state index in [9.17, 15) is 4.79 Å². The highest BCUT2D eigenvalue weighted by atomic mass is 16.1. The number of pyridine rings is 1. The topological polar surface area (TPSA) is 81.1 Å². The number of aromatic nitrogens is 1. The molecule has 37 heavy (non-hydrogen) atoms. The summed E-state index contributed by atoms with van der Waals surface area (Å²) in [6.45, 7) is 3.64. The summed E-state index contributed by atoms with van der Waals surface area (Å²) in [5.74, 6) is 0.957. The second-order valence-corrected chi connectivity index (χ2v) is 10.3. The lowest BCUT2D eigenvalue weighted by molar-refractivity contribution is 0.101. The molecule has 0 spiro atoms. The second kappa shape index (κ2) is 11.6. The number of nitrogens with one attached hydrogen (secondary N) is 2. The Labute approximate surface area is 219 Å². The number of hydrogen-bond donors (Lipinski definition) is 2. The van der Waals surface area contributed by atoms with Gasteiger partial charge in [-0.25, -0.2) is 4.98 Å². The lowest BCUT2D eigenvalue weighted by Crippen LogP contribution is -2.54. The summed E-state index contributed by atoms with van der Waals surface area (Å²) in [6, 6.07) is 23.2. The molecule has 6 nitrogen and oxygen atoms in total. The van der Waals surface area contributed by atoms with Crippen molar-refractivity contribution in [3.8, 4) is 17.2 Å². The number of nitriles is 1. The molecule has 1 aliphatic carbocycles. The number of rotatable bonds is 7. The maximum absolute atomic E-state index is 11.8. The Morgan fingerprint density at radius 1 is 0.973 bits per heavy atom. The number of Topliss-reactive ketones (excluding diaryl/α,β-unsaturated/α-hetero) is 1. The number of carbonyl (C=O) groups is 1. The third kappa shape index (κ3) is 6.18. The van der Waals surface area contributed by atoms with E-state index >= 15 is 0 Å². The second-order valence-electron chi connectivity index (χ2n) is 10.3. The van der Waals surface area contributed by atoms with Gasteiger partial charge in [-0.3, -0.25) is 4.79 Å². The zero-order valence-electron chi connectivity index (χ0n) is 21.5. The van der Waals surface area contributed by atoms with Crippen molar-refractivity contribution in [2.75, 3.05) is 23.3 Å². The fourth-order valence-corrected chi connectivity index (χ4v) is 5.70. The number of carbonyl (C=O) groups excluding carboxylic acids is 1. The van der Waals surface area contributed by atoms with Crippen LogP contribution in [0.2, 0.25) is 0 Å². The maximum Gasteiger partial charge on any atom is 0.159 e. The van der Waals surface area contributed by atoms with Crippen molar-refractivity contribution in [3.63, 3.8) is 0 Å². The Balaban J connectivity index is 1.25. The van der Waals surface area contributed by atoms with Gasteiger partial charge in [0.15, 0.2) is 5.78 Å². The standard InChI is InChI=1S/C31H35N5O/c1-22(37)24-6-4-7-25(18-24)26-15-16-33-31(19-26)35-30-10-3-2-9-29(30)34-27-8-5-17-36(21-27)28-13-11-23(20-32)12-14-28/h4,6-7,11-16,18-19,27,29-30,34H,2-3,5,8-10,17,21H2,1H3,(H,33,35)/t27-,29+,30+/m0/s1. The summed E-state index contributed by atoms with van der Waals surface area (Å²) in [5.41, 5.74) is 4.71. The molecule has 1 saturated heterocycles. The highest BCUT2D eigenvalue weighted by molar-refractivity contribution is 5.95. The third-order valence-electron chi connectivity index (χ3n) is 7.69. The van der Waals surface area contributed by atoms with E-state index in [-0.39, 0.29) is 5.78 Å². The van der Waals surface area contributed by atoms with E-state index in [1.807, 2.05) is 48.7 Å². The van der Waals surface area contributed by atoms with Gasteiger partial charge in [0.25, 0.3) is 0 Å². The first kappa shape index (κ1) is 25.0. The van der Waals surface area contributed by atoms with E-state index in [1.54, 1.807) is 6.92 Å². The lowest BCUT2D eigenvalue weighted by atomic mass is 9.89. The molecule has 5 rings (SSSR count). The van der Waals surface area contributed by atoms with E-state index in [2.05, 4.69) is 44.8 Å². The van der Waals surface area contributed by atoms with Gasteiger partial charge in [-0.15, -0.1) is 0 Å². The van der Waals surface area contributed by atoms with Crippen LogP contribution < -0.4 is 15.5 Å². The lowest BCUT2D eigenvalue weighted by Gasteiger charge is -2.40. The van der Waals surface area contributed by atoms with Gasteiger partial charge in [-0.05, 0) is 86.2 Å². The van der Waals surface area contributed by atoms with Crippen LogP contribution in [-0.4, -0.2) is 42.0 Å². The van der Waals surface area contributed by atoms with Crippen LogP contribution in [0, 0.1) is 11.3 Å². The fourth-order valence-electron chi connectivity index (χ4n) is 5.70. The number of anilines is 2. The van der Waals surface area contributed by atoms with Crippen LogP contribution in [-0.2, 0) is 0 Å². The van der Waals surface area contributed by atoms with Crippen molar-refractivity contribution in [2.45, 2.75) is 63.6 Å². The van der Waals surface area contributed by atoms with Crippen molar-refractivity contribution in [2.24, 2.45) is 0 Å². The van der Waals surface area contributed by atoms with Crippen molar-refractivity contribution in [1.29, 1.82) is 5.26 Å². The van der Waals surface area contributed by atoms with Gasteiger partial charge in [-0.2, -0.15) is 5.26 Å². The molecule has 6 heteroatoms. The minimum absolute atomic E-state index is 0.0748. The molecular weight excluding hydrogens is 458 g/mol. The zero-order chi connectivity index (χ0) is 25.6. The van der Waals surface area contributed by atoms with Crippen molar-refractivity contribution < 1.29 is 4.79 Å². The monoisotopic (exact) mass is 493 g/mol. The van der Waals surface area contributed by atoms with Crippen LogP contribution in [0.4, 0.5) is 11.5 Å². The highest BCUT2D eigenvalue weighted by Crippen LogP contribution is 2.27. The van der Waals surface area contributed by atoms with Crippen LogP contribution in [0.25, 0.3) is 11.1 Å². The Hall–Kier alpha value is -3.69. The number of ketones is 1. The molecule has 2 fully saturated rings. The average Bonchev–Trinajstić information content (AvgIpc) is 2.94. The van der Waals surface area contributed by atoms with Gasteiger partial charge in [0.1, 0.15) is 5.82 Å². The van der Waals surface area contributed by atoms with E-state index in [4.69, 9.17) is 5.26 Å². The van der Waals surface area contributed by atoms with Gasteiger partial charge < -0.3 is 15.5 Å². The van der Waals surface area contributed by atoms with Crippen LogP contribution in [0.15, 0.2) is 66.9 Å². The highest BCUT2D eigenvalue weighted by Gasteiger charge is 2.29. The van der Waals surface area contributed by atoms with Crippen LogP contribution in [0.3, 0.4) is 0 Å². The molecule has 3 aromatic rings. The van der Waals surface area contributed by atoms with Gasteiger partial charge in [-0.1, -0.05) is 31.0 Å². The van der Waals surface area contributed by atoms with E-state index in [1.165, 1.54) is 24.9 Å². The molecule has 0 unspecified atom stereocenters. The third-order valence-corrected chi connectivity index (χ3v) is 7.69. The van der Waals surface area contributed by atoms with Crippen LogP contribution >= 0.6 is 0 Å². The zero-order valence-corrected chi connectivity index (χ0v) is 21.5. The van der Waals surface area contributed by atoms with Crippen LogP contribution in [0.5, 0.6) is 0 Å². The van der Waals surface area contributed by atoms with Gasteiger partial charge in [0.2, 0.25) is 0 Å². The average molecular weight is 494 g/mol. The first-order valence-electron chi connectivity index (χ1n) is 13.4. The Morgan fingerprint density at radius 3 is 2.54 bits per heavy atom. The SMILES string of the molecule is CC(=O)c1cccc(-c2ccnc(N[C@@H]3CCCC[C@H]3N[C@H]3CCCN(c4ccc(C#N)cc4)C3)c2)c1. The summed E-state index contributed by atoms with van der Waals surface area (Å²) < 4.78 is 0. The normalized spacial score (nSPS) is 21.7. The quantitative estimate of drug-likeness (QED) is 0.405. The molecule has 2 aliphatic rings. The number of piperidine rings is 1. The molecule has 3 atom stereocenters. The molecule has 0 amide bonds. The van der Waals surface area contributed by atoms with Gasteiger partial charge in [0, 0.05) is 48.7 Å². The molecule has 1 saturated carbocycles. The molecular formula is C31H35N5O. The Bertz CT molecular complexity index is 1270. The minimum atomic E-state index is 0.0748. The summed E-state index contributed by atoms with van der Waals surface area (Å²) in [7, 11) is 0. The van der Waals surface area contributed by atoms with Crippen molar-refractivity contribution in [3.05, 3.63) is 78.0 Å². The molecule has 2 aromatic carbocycles. The van der Waals surface area contributed by atoms with Crippen molar-refractivity contribution >= 4 is 17.3 Å². The molecule has 190 valence electrons. The maximum atomic E-state index is 11.8. The van der Waals surface area contributed by atoms with E-state index in [0.29, 0.717) is 23.7 Å². The van der Waals surface area contributed by atoms with E-state index < -0.39 is 0 Å². The molecule has 1 aromatic heterocycles. The summed E-state index contributed by atoms with van der Waals surface area (Å²) in [6.07, 6.45) is 8.92. The fraction of sp³-hybridized carbons (Fsp3) is 0.387. The Morgan fingerprint density at radius 2 is 1.76 bits per heavy atom. The van der Waals surface area contributed by atoms with Gasteiger partial charge >= 0.3 is 0 Å². The number of benzene rings is 2. The molecule has 2 heterocycles. The smallest absolute Gasteiger partial charge is 0.159 e. The minimum Gasteiger partial charge on any atom is -0.370 e. The summed E-state index contributed by atoms with van der Waals surface area (Å²) in [5, 5.41) is 16.8. The summed E-state index contributed by atoms with van der Waals surface area (Å²) >= 11 is 0. The largest absolute Gasteiger partial charge is 0.370 e. The first-order chi connectivity index (χ1) is 18.1. The number of nitrogens with zero attached hydrogens (tertiary/aromatic N) is 3. The molecule has 0 bridgehead atoms. The first-order valence-corrected chi connectivity index (χ1v) is 13.4. The predicted octanol–water partition coefficient (Wildman–Crippen LogP) is 5.80. The number of hydrogen-bond acceptors (Lipinski definition) is 6. The molecule has 2 N–H and O–H groups in total. The molecule has 1 aliphatic heterocycles. The van der Waals surface area contributed by atoms with Crippen LogP contribution in [0.1, 0.15) is 61.4 Å². The van der Waals surface area contributed by atoms with Gasteiger partial charge in [0.05, 0.1) is 11.6 Å². The predicted molar refractivity (Wildman–Crippen MR) is 149 cm³/mol. The Kier molecular flexibility index (Phi) is 7.82.